The Hall–Kier alpha value is -1.07. The highest BCUT2D eigenvalue weighted by Crippen LogP contribution is 2.21. The van der Waals surface area contributed by atoms with Crippen molar-refractivity contribution in [1.29, 1.82) is 0 Å². The molecule has 1 aromatic carbocycles. The molecule has 4 nitrogen and oxygen atoms in total. The van der Waals surface area contributed by atoms with Gasteiger partial charge in [-0.25, -0.2) is 0 Å². The minimum atomic E-state index is -4.42. The van der Waals surface area contributed by atoms with Gasteiger partial charge in [0, 0.05) is 0 Å². The molecule has 0 bridgehead atoms. The standard InChI is InChI=1S/C8H10O4S/c1-6-4-3-5-8(7(6)2)12-13(9,10)11/h3-5H,1-2H3,(H,9,10,11). The second kappa shape index (κ2) is 3.35. The molecule has 0 heterocycles. The van der Waals surface area contributed by atoms with Crippen molar-refractivity contribution in [1.82, 2.24) is 0 Å². The van der Waals surface area contributed by atoms with Gasteiger partial charge in [0.25, 0.3) is 0 Å². The zero-order valence-corrected chi connectivity index (χ0v) is 8.13. The van der Waals surface area contributed by atoms with E-state index in [1.165, 1.54) is 6.07 Å². The van der Waals surface area contributed by atoms with Gasteiger partial charge in [-0.2, -0.15) is 8.42 Å². The summed E-state index contributed by atoms with van der Waals surface area (Å²) in [6.07, 6.45) is 0. The summed E-state index contributed by atoms with van der Waals surface area (Å²) in [7, 11) is -4.42. The molecule has 0 fully saturated rings. The van der Waals surface area contributed by atoms with Crippen molar-refractivity contribution in [2.75, 3.05) is 0 Å². The van der Waals surface area contributed by atoms with Crippen LogP contribution >= 0.6 is 0 Å². The lowest BCUT2D eigenvalue weighted by Crippen LogP contribution is -2.07. The van der Waals surface area contributed by atoms with Crippen molar-refractivity contribution >= 4 is 10.4 Å². The van der Waals surface area contributed by atoms with Crippen LogP contribution in [0.2, 0.25) is 0 Å². The van der Waals surface area contributed by atoms with Gasteiger partial charge in [-0.05, 0) is 31.0 Å². The molecule has 0 aliphatic heterocycles. The minimum Gasteiger partial charge on any atom is -0.362 e. The number of hydrogen-bond acceptors (Lipinski definition) is 3. The fraction of sp³-hybridized carbons (Fsp3) is 0.250. The van der Waals surface area contributed by atoms with E-state index in [2.05, 4.69) is 4.18 Å². The fourth-order valence-corrected chi connectivity index (χ4v) is 1.34. The Kier molecular flexibility index (Phi) is 2.58. The highest BCUT2D eigenvalue weighted by molar-refractivity contribution is 7.81. The second-order valence-electron chi connectivity index (χ2n) is 2.71. The van der Waals surface area contributed by atoms with E-state index < -0.39 is 10.4 Å². The highest BCUT2D eigenvalue weighted by Gasteiger charge is 2.09. The summed E-state index contributed by atoms with van der Waals surface area (Å²) in [5, 5.41) is 0. The van der Waals surface area contributed by atoms with E-state index in [0.717, 1.165) is 5.56 Å². The van der Waals surface area contributed by atoms with Crippen LogP contribution in [0.5, 0.6) is 5.75 Å². The summed E-state index contributed by atoms with van der Waals surface area (Å²) in [6, 6.07) is 4.96. The molecular weight excluding hydrogens is 192 g/mol. The molecule has 0 atom stereocenters. The number of benzene rings is 1. The Morgan fingerprint density at radius 3 is 2.46 bits per heavy atom. The quantitative estimate of drug-likeness (QED) is 0.738. The molecule has 13 heavy (non-hydrogen) atoms. The number of rotatable bonds is 2. The van der Waals surface area contributed by atoms with Gasteiger partial charge in [0.1, 0.15) is 5.75 Å². The van der Waals surface area contributed by atoms with Gasteiger partial charge in [-0.15, -0.1) is 0 Å². The van der Waals surface area contributed by atoms with E-state index in [1.807, 2.05) is 13.0 Å². The molecule has 0 saturated heterocycles. The van der Waals surface area contributed by atoms with Crippen molar-refractivity contribution in [3.8, 4) is 5.75 Å². The van der Waals surface area contributed by atoms with E-state index >= 15 is 0 Å². The van der Waals surface area contributed by atoms with Gasteiger partial charge in [-0.1, -0.05) is 12.1 Å². The molecule has 0 spiro atoms. The molecule has 0 unspecified atom stereocenters. The number of hydrogen-bond donors (Lipinski definition) is 1. The largest absolute Gasteiger partial charge is 0.446 e. The first-order valence-electron chi connectivity index (χ1n) is 3.63. The zero-order valence-electron chi connectivity index (χ0n) is 7.31. The Morgan fingerprint density at radius 1 is 1.31 bits per heavy atom. The SMILES string of the molecule is Cc1cccc(OS(=O)(=O)O)c1C. The summed E-state index contributed by atoms with van der Waals surface area (Å²) >= 11 is 0. The van der Waals surface area contributed by atoms with Crippen LogP contribution in [0.4, 0.5) is 0 Å². The van der Waals surface area contributed by atoms with E-state index in [0.29, 0.717) is 5.56 Å². The smallest absolute Gasteiger partial charge is 0.362 e. The maximum absolute atomic E-state index is 10.4. The van der Waals surface area contributed by atoms with Crippen LogP contribution in [0, 0.1) is 13.8 Å². The normalized spacial score (nSPS) is 11.3. The van der Waals surface area contributed by atoms with Crippen LogP contribution in [0.15, 0.2) is 18.2 Å². The first-order chi connectivity index (χ1) is 5.90. The van der Waals surface area contributed by atoms with Gasteiger partial charge in [0.2, 0.25) is 0 Å². The van der Waals surface area contributed by atoms with Gasteiger partial charge >= 0.3 is 10.4 Å². The lowest BCUT2D eigenvalue weighted by Gasteiger charge is -2.06. The molecule has 1 N–H and O–H groups in total. The predicted molar refractivity (Wildman–Crippen MR) is 48.1 cm³/mol. The molecule has 0 amide bonds. The zero-order chi connectivity index (χ0) is 10.1. The van der Waals surface area contributed by atoms with Crippen molar-refractivity contribution in [2.45, 2.75) is 13.8 Å². The Labute approximate surface area is 77.1 Å². The second-order valence-corrected chi connectivity index (χ2v) is 3.73. The van der Waals surface area contributed by atoms with Crippen molar-refractivity contribution in [2.24, 2.45) is 0 Å². The van der Waals surface area contributed by atoms with Gasteiger partial charge in [0.05, 0.1) is 0 Å². The Balaban J connectivity index is 3.10. The van der Waals surface area contributed by atoms with Crippen molar-refractivity contribution < 1.29 is 17.2 Å². The Morgan fingerprint density at radius 2 is 1.92 bits per heavy atom. The molecule has 0 aliphatic rings. The molecule has 1 rings (SSSR count). The Bertz CT molecular complexity index is 408. The lowest BCUT2D eigenvalue weighted by molar-refractivity contribution is 0.385. The molecule has 72 valence electrons. The topological polar surface area (TPSA) is 63.6 Å². The van der Waals surface area contributed by atoms with E-state index in [-0.39, 0.29) is 5.75 Å². The molecule has 0 aromatic heterocycles. The third-order valence-electron chi connectivity index (χ3n) is 1.75. The summed E-state index contributed by atoms with van der Waals surface area (Å²) in [6.45, 7) is 3.54. The fourth-order valence-electron chi connectivity index (χ4n) is 0.928. The molecule has 0 aliphatic carbocycles. The van der Waals surface area contributed by atoms with E-state index in [4.69, 9.17) is 4.55 Å². The summed E-state index contributed by atoms with van der Waals surface area (Å²) in [4.78, 5) is 0. The first kappa shape index (κ1) is 10.0. The van der Waals surface area contributed by atoms with E-state index in [1.54, 1.807) is 13.0 Å². The first-order valence-corrected chi connectivity index (χ1v) is 5.00. The monoisotopic (exact) mass is 202 g/mol. The maximum Gasteiger partial charge on any atom is 0.446 e. The van der Waals surface area contributed by atoms with Crippen LogP contribution in [-0.4, -0.2) is 13.0 Å². The van der Waals surface area contributed by atoms with Gasteiger partial charge < -0.3 is 4.18 Å². The molecule has 5 heteroatoms. The maximum atomic E-state index is 10.4. The lowest BCUT2D eigenvalue weighted by atomic mass is 10.1. The third-order valence-corrected chi connectivity index (χ3v) is 2.14. The van der Waals surface area contributed by atoms with Crippen LogP contribution in [0.3, 0.4) is 0 Å². The number of aryl methyl sites for hydroxylation is 1. The average Bonchev–Trinajstić information content (AvgIpc) is 1.96. The highest BCUT2D eigenvalue weighted by atomic mass is 32.3. The molecule has 1 aromatic rings. The van der Waals surface area contributed by atoms with Gasteiger partial charge in [0.15, 0.2) is 0 Å². The van der Waals surface area contributed by atoms with Crippen LogP contribution in [0.1, 0.15) is 11.1 Å². The van der Waals surface area contributed by atoms with Crippen molar-refractivity contribution in [3.05, 3.63) is 29.3 Å². The molecular formula is C8H10O4S. The molecule has 0 radical (unpaired) electrons. The minimum absolute atomic E-state index is 0.155. The van der Waals surface area contributed by atoms with Crippen LogP contribution in [0.25, 0.3) is 0 Å². The van der Waals surface area contributed by atoms with Crippen LogP contribution in [-0.2, 0) is 10.4 Å². The average molecular weight is 202 g/mol. The van der Waals surface area contributed by atoms with Gasteiger partial charge in [-0.3, -0.25) is 4.55 Å². The summed E-state index contributed by atoms with van der Waals surface area (Å²) in [5.41, 5.74) is 1.60. The summed E-state index contributed by atoms with van der Waals surface area (Å²) < 4.78 is 33.6. The van der Waals surface area contributed by atoms with Crippen LogP contribution < -0.4 is 4.18 Å². The third kappa shape index (κ3) is 2.71. The molecule has 0 saturated carbocycles. The predicted octanol–water partition coefficient (Wildman–Crippen LogP) is 1.49. The van der Waals surface area contributed by atoms with Crippen molar-refractivity contribution in [3.63, 3.8) is 0 Å². The summed E-state index contributed by atoms with van der Waals surface area (Å²) in [5.74, 6) is 0.155. The van der Waals surface area contributed by atoms with E-state index in [9.17, 15) is 8.42 Å².